The van der Waals surface area contributed by atoms with Crippen LogP contribution in [0.5, 0.6) is 0 Å². The van der Waals surface area contributed by atoms with Crippen LogP contribution in [0.3, 0.4) is 0 Å². The first-order chi connectivity index (χ1) is 8.95. The van der Waals surface area contributed by atoms with Gasteiger partial charge in [0, 0.05) is 6.07 Å². The van der Waals surface area contributed by atoms with Gasteiger partial charge in [-0.25, -0.2) is 13.8 Å². The van der Waals surface area contributed by atoms with Gasteiger partial charge in [0.2, 0.25) is 0 Å². The highest BCUT2D eigenvalue weighted by Gasteiger charge is 2.13. The van der Waals surface area contributed by atoms with Crippen LogP contribution in [0.1, 0.15) is 0 Å². The quantitative estimate of drug-likeness (QED) is 0.691. The maximum absolute atomic E-state index is 13.4. The van der Waals surface area contributed by atoms with Crippen molar-refractivity contribution in [2.45, 2.75) is 9.92 Å². The zero-order chi connectivity index (χ0) is 14.0. The molecule has 1 aromatic carbocycles. The Morgan fingerprint density at radius 3 is 2.68 bits per heavy atom. The summed E-state index contributed by atoms with van der Waals surface area (Å²) in [6.07, 6.45) is 0. The van der Waals surface area contributed by atoms with E-state index in [0.29, 0.717) is 0 Å². The normalized spacial score (nSPS) is 10.4. The van der Waals surface area contributed by atoms with Gasteiger partial charge in [-0.1, -0.05) is 11.8 Å². The summed E-state index contributed by atoms with van der Waals surface area (Å²) < 4.78 is 26.4. The third kappa shape index (κ3) is 3.16. The van der Waals surface area contributed by atoms with Crippen LogP contribution in [0.4, 0.5) is 20.3 Å². The molecule has 0 fully saturated rings. The highest BCUT2D eigenvalue weighted by molar-refractivity contribution is 7.99. The molecule has 8 heteroatoms. The molecule has 0 unspecified atom stereocenters. The smallest absolute Gasteiger partial charge is 0.275 e. The number of benzene rings is 1. The van der Waals surface area contributed by atoms with Gasteiger partial charge in [0.05, 0.1) is 15.9 Å². The molecule has 0 bridgehead atoms. The third-order valence-electron chi connectivity index (χ3n) is 2.13. The van der Waals surface area contributed by atoms with Gasteiger partial charge >= 0.3 is 0 Å². The van der Waals surface area contributed by atoms with Crippen molar-refractivity contribution >= 4 is 23.3 Å². The second-order valence-corrected chi connectivity index (χ2v) is 4.58. The molecule has 2 aromatic rings. The number of nitrogen functional groups attached to an aromatic ring is 1. The molecule has 2 rings (SSSR count). The second kappa shape index (κ2) is 5.19. The predicted octanol–water partition coefficient (Wildman–Crippen LogP) is 3.00. The average molecular weight is 283 g/mol. The van der Waals surface area contributed by atoms with E-state index in [2.05, 4.69) is 4.98 Å². The summed E-state index contributed by atoms with van der Waals surface area (Å²) in [5, 5.41) is 10.8. The van der Waals surface area contributed by atoms with Crippen molar-refractivity contribution in [3.8, 4) is 0 Å². The van der Waals surface area contributed by atoms with E-state index >= 15 is 0 Å². The maximum Gasteiger partial charge on any atom is 0.275 e. The number of pyridine rings is 1. The minimum Gasteiger partial charge on any atom is -0.383 e. The Morgan fingerprint density at radius 2 is 2.00 bits per heavy atom. The van der Waals surface area contributed by atoms with E-state index in [-0.39, 0.29) is 21.4 Å². The molecular weight excluding hydrogens is 276 g/mol. The van der Waals surface area contributed by atoms with Crippen LogP contribution in [-0.2, 0) is 0 Å². The lowest BCUT2D eigenvalue weighted by Gasteiger charge is -2.03. The minimum atomic E-state index is -0.640. The Bertz CT molecular complexity index is 652. The number of aromatic nitrogens is 1. The lowest BCUT2D eigenvalue weighted by Crippen LogP contribution is -1.96. The van der Waals surface area contributed by atoms with Crippen molar-refractivity contribution in [1.29, 1.82) is 0 Å². The zero-order valence-electron chi connectivity index (χ0n) is 9.34. The van der Waals surface area contributed by atoms with Crippen LogP contribution in [-0.4, -0.2) is 9.91 Å². The Labute approximate surface area is 110 Å². The molecule has 98 valence electrons. The van der Waals surface area contributed by atoms with Crippen LogP contribution in [0.15, 0.2) is 40.3 Å². The number of hydrogen-bond acceptors (Lipinski definition) is 5. The van der Waals surface area contributed by atoms with Crippen LogP contribution in [0.25, 0.3) is 0 Å². The average Bonchev–Trinajstić information content (AvgIpc) is 2.33. The fourth-order valence-corrected chi connectivity index (χ4v) is 2.23. The van der Waals surface area contributed by atoms with E-state index in [1.54, 1.807) is 0 Å². The highest BCUT2D eigenvalue weighted by atomic mass is 32.2. The van der Waals surface area contributed by atoms with Gasteiger partial charge in [0.25, 0.3) is 5.69 Å². The molecule has 0 spiro atoms. The molecule has 2 N–H and O–H groups in total. The van der Waals surface area contributed by atoms with E-state index in [1.165, 1.54) is 0 Å². The Kier molecular flexibility index (Phi) is 3.61. The summed E-state index contributed by atoms with van der Waals surface area (Å²) in [5.41, 5.74) is 5.16. The molecule has 0 saturated carbocycles. The second-order valence-electron chi connectivity index (χ2n) is 3.52. The van der Waals surface area contributed by atoms with Crippen molar-refractivity contribution < 1.29 is 13.7 Å². The molecule has 0 radical (unpaired) electrons. The maximum atomic E-state index is 13.4. The van der Waals surface area contributed by atoms with Crippen LogP contribution < -0.4 is 5.73 Å². The first-order valence-corrected chi connectivity index (χ1v) is 5.82. The predicted molar refractivity (Wildman–Crippen MR) is 65.8 cm³/mol. The zero-order valence-corrected chi connectivity index (χ0v) is 10.2. The fourth-order valence-electron chi connectivity index (χ4n) is 1.34. The molecule has 0 amide bonds. The summed E-state index contributed by atoms with van der Waals surface area (Å²) in [6, 6.07) is 5.17. The van der Waals surface area contributed by atoms with Gasteiger partial charge < -0.3 is 5.73 Å². The fraction of sp³-hybridized carbons (Fsp3) is 0. The number of nitrogens with zero attached hydrogens (tertiary/aromatic N) is 2. The standard InChI is InChI=1S/C11H7F2N3O2S/c12-6-1-2-8(13)9(3-6)19-11-5-7(16(17)18)4-10(14)15-11/h1-5H,(H2,14,15). The molecular formula is C11H7F2N3O2S. The van der Waals surface area contributed by atoms with E-state index in [1.807, 2.05) is 0 Å². The van der Waals surface area contributed by atoms with Crippen molar-refractivity contribution in [2.24, 2.45) is 0 Å². The van der Waals surface area contributed by atoms with Gasteiger partial charge in [-0.3, -0.25) is 10.1 Å². The van der Waals surface area contributed by atoms with E-state index in [0.717, 1.165) is 42.1 Å². The van der Waals surface area contributed by atoms with Crippen molar-refractivity contribution in [2.75, 3.05) is 5.73 Å². The Balaban J connectivity index is 2.38. The number of hydrogen-bond donors (Lipinski definition) is 1. The summed E-state index contributed by atoms with van der Waals surface area (Å²) in [7, 11) is 0. The first kappa shape index (κ1) is 13.2. The summed E-state index contributed by atoms with van der Waals surface area (Å²) in [6.45, 7) is 0. The molecule has 0 aliphatic carbocycles. The molecule has 5 nitrogen and oxygen atoms in total. The molecule has 0 aliphatic heterocycles. The number of halogens is 2. The summed E-state index contributed by atoms with van der Waals surface area (Å²) in [4.78, 5) is 13.8. The van der Waals surface area contributed by atoms with Crippen LogP contribution >= 0.6 is 11.8 Å². The van der Waals surface area contributed by atoms with Gasteiger partial charge in [0.15, 0.2) is 0 Å². The lowest BCUT2D eigenvalue weighted by atomic mass is 10.3. The number of anilines is 1. The van der Waals surface area contributed by atoms with Gasteiger partial charge in [-0.15, -0.1) is 0 Å². The van der Waals surface area contributed by atoms with Crippen LogP contribution in [0, 0.1) is 21.7 Å². The van der Waals surface area contributed by atoms with Crippen molar-refractivity contribution in [3.63, 3.8) is 0 Å². The summed E-state index contributed by atoms with van der Waals surface area (Å²) in [5.74, 6) is -1.31. The molecule has 19 heavy (non-hydrogen) atoms. The van der Waals surface area contributed by atoms with Gasteiger partial charge in [-0.05, 0) is 18.2 Å². The highest BCUT2D eigenvalue weighted by Crippen LogP contribution is 2.31. The molecule has 1 aromatic heterocycles. The summed E-state index contributed by atoms with van der Waals surface area (Å²) >= 11 is 0.764. The minimum absolute atomic E-state index is 0.0209. The van der Waals surface area contributed by atoms with E-state index in [9.17, 15) is 18.9 Å². The van der Waals surface area contributed by atoms with E-state index in [4.69, 9.17) is 5.73 Å². The van der Waals surface area contributed by atoms with Crippen molar-refractivity contribution in [3.05, 3.63) is 52.1 Å². The van der Waals surface area contributed by atoms with E-state index < -0.39 is 16.6 Å². The number of nitrogens with two attached hydrogens (primary N) is 1. The Hall–Kier alpha value is -2.22. The van der Waals surface area contributed by atoms with Crippen LogP contribution in [0.2, 0.25) is 0 Å². The van der Waals surface area contributed by atoms with Crippen molar-refractivity contribution in [1.82, 2.24) is 4.98 Å². The van der Waals surface area contributed by atoms with Gasteiger partial charge in [-0.2, -0.15) is 0 Å². The third-order valence-corrected chi connectivity index (χ3v) is 3.08. The molecule has 1 heterocycles. The topological polar surface area (TPSA) is 82.0 Å². The molecule has 0 atom stereocenters. The lowest BCUT2D eigenvalue weighted by molar-refractivity contribution is -0.385. The number of rotatable bonds is 3. The first-order valence-electron chi connectivity index (χ1n) is 5.00. The number of nitro groups is 1. The van der Waals surface area contributed by atoms with Gasteiger partial charge in [0.1, 0.15) is 22.5 Å². The molecule has 0 saturated heterocycles. The monoisotopic (exact) mass is 283 g/mol. The Morgan fingerprint density at radius 1 is 1.26 bits per heavy atom. The SMILES string of the molecule is Nc1cc([N+](=O)[O-])cc(Sc2cc(F)ccc2F)n1. The largest absolute Gasteiger partial charge is 0.383 e. The molecule has 0 aliphatic rings.